The van der Waals surface area contributed by atoms with Gasteiger partial charge in [0.15, 0.2) is 5.96 Å². The molecule has 0 fully saturated rings. The third-order valence-electron chi connectivity index (χ3n) is 3.48. The van der Waals surface area contributed by atoms with Crippen LogP contribution in [0.1, 0.15) is 30.4 Å². The van der Waals surface area contributed by atoms with Gasteiger partial charge in [-0.3, -0.25) is 9.79 Å². The van der Waals surface area contributed by atoms with Gasteiger partial charge < -0.3 is 15.8 Å². The summed E-state index contributed by atoms with van der Waals surface area (Å²) >= 11 is 0. The number of nitrogens with zero attached hydrogens (tertiary/aromatic N) is 1. The fourth-order valence-corrected chi connectivity index (χ4v) is 2.45. The third kappa shape index (κ3) is 3.73. The molecule has 1 aromatic carbocycles. The predicted octanol–water partition coefficient (Wildman–Crippen LogP) is 1.86. The predicted molar refractivity (Wildman–Crippen MR) is 79.8 cm³/mol. The van der Waals surface area contributed by atoms with Gasteiger partial charge in [0.1, 0.15) is 0 Å². The highest BCUT2D eigenvalue weighted by atomic mass is 16.5. The molecule has 1 aliphatic rings. The molecule has 0 radical (unpaired) electrons. The molecule has 0 bridgehead atoms. The van der Waals surface area contributed by atoms with Gasteiger partial charge >= 0.3 is 5.97 Å². The first-order chi connectivity index (χ1) is 9.70. The van der Waals surface area contributed by atoms with Crippen LogP contribution in [0.5, 0.6) is 0 Å². The van der Waals surface area contributed by atoms with E-state index in [-0.39, 0.29) is 12.4 Å². The van der Waals surface area contributed by atoms with Crippen LogP contribution < -0.4 is 11.1 Å². The Morgan fingerprint density at radius 2 is 2.20 bits per heavy atom. The second-order valence-electron chi connectivity index (χ2n) is 4.87. The van der Waals surface area contributed by atoms with Crippen molar-refractivity contribution in [1.82, 2.24) is 0 Å². The number of rotatable bonds is 4. The van der Waals surface area contributed by atoms with Gasteiger partial charge in [-0.1, -0.05) is 12.1 Å². The fourth-order valence-electron chi connectivity index (χ4n) is 2.45. The van der Waals surface area contributed by atoms with E-state index in [1.807, 2.05) is 12.1 Å². The van der Waals surface area contributed by atoms with Crippen molar-refractivity contribution in [1.29, 1.82) is 0 Å². The maximum absolute atomic E-state index is 11.0. The number of benzene rings is 1. The van der Waals surface area contributed by atoms with Crippen molar-refractivity contribution < 1.29 is 9.53 Å². The molecular weight excluding hydrogens is 254 g/mol. The number of aliphatic imine (C=N–C) groups is 1. The van der Waals surface area contributed by atoms with Crippen LogP contribution in [-0.4, -0.2) is 25.6 Å². The average Bonchev–Trinajstić information content (AvgIpc) is 2.47. The molecular formula is C15H21N3O2. The maximum atomic E-state index is 11.0. The van der Waals surface area contributed by atoms with Crippen molar-refractivity contribution in [3.8, 4) is 0 Å². The van der Waals surface area contributed by atoms with E-state index in [0.29, 0.717) is 12.5 Å². The van der Waals surface area contributed by atoms with Crippen molar-refractivity contribution in [3.63, 3.8) is 0 Å². The fraction of sp³-hybridized carbons (Fsp3) is 0.467. The molecule has 2 rings (SSSR count). The highest BCUT2D eigenvalue weighted by molar-refractivity contribution is 5.93. The Labute approximate surface area is 119 Å². The summed E-state index contributed by atoms with van der Waals surface area (Å²) in [5, 5.41) is 3.14. The minimum absolute atomic E-state index is 0.242. The monoisotopic (exact) mass is 275 g/mol. The Kier molecular flexibility index (Phi) is 4.98. The molecule has 3 N–H and O–H groups in total. The van der Waals surface area contributed by atoms with Gasteiger partial charge in [0.25, 0.3) is 0 Å². The van der Waals surface area contributed by atoms with E-state index >= 15 is 0 Å². The zero-order chi connectivity index (χ0) is 14.4. The Morgan fingerprint density at radius 3 is 3.00 bits per heavy atom. The van der Waals surface area contributed by atoms with Gasteiger partial charge in [0, 0.05) is 5.69 Å². The van der Waals surface area contributed by atoms with Gasteiger partial charge in [-0.25, -0.2) is 0 Å². The first kappa shape index (κ1) is 14.4. The highest BCUT2D eigenvalue weighted by Crippen LogP contribution is 2.27. The van der Waals surface area contributed by atoms with Crippen LogP contribution in [-0.2, 0) is 22.4 Å². The first-order valence-corrected chi connectivity index (χ1v) is 6.95. The number of carbonyl (C=O) groups excluding carboxylic acids is 1. The lowest BCUT2D eigenvalue weighted by Crippen LogP contribution is -2.24. The molecule has 0 saturated carbocycles. The summed E-state index contributed by atoms with van der Waals surface area (Å²) in [5.41, 5.74) is 9.61. The normalized spacial score (nSPS) is 14.6. The van der Waals surface area contributed by atoms with E-state index in [1.54, 1.807) is 0 Å². The van der Waals surface area contributed by atoms with E-state index in [9.17, 15) is 4.79 Å². The third-order valence-corrected chi connectivity index (χ3v) is 3.48. The molecule has 0 atom stereocenters. The van der Waals surface area contributed by atoms with E-state index < -0.39 is 0 Å². The molecule has 0 saturated heterocycles. The highest BCUT2D eigenvalue weighted by Gasteiger charge is 2.13. The van der Waals surface area contributed by atoms with Gasteiger partial charge in [-0.05, 0) is 42.9 Å². The number of nitrogens with two attached hydrogens (primary N) is 1. The second kappa shape index (κ2) is 6.93. The van der Waals surface area contributed by atoms with Crippen molar-refractivity contribution in [3.05, 3.63) is 29.3 Å². The number of hydrogen-bond acceptors (Lipinski definition) is 3. The zero-order valence-electron chi connectivity index (χ0n) is 11.8. The van der Waals surface area contributed by atoms with Gasteiger partial charge in [-0.2, -0.15) is 0 Å². The molecule has 108 valence electrons. The van der Waals surface area contributed by atoms with E-state index in [2.05, 4.69) is 21.1 Å². The quantitative estimate of drug-likeness (QED) is 0.499. The standard InChI is InChI=1S/C15H21N3O2/c1-20-14(19)9-10-17-15(16)18-13-8-4-6-11-5-2-3-7-12(11)13/h4,6,8H,2-3,5,7,9-10H2,1H3,(H3,16,17,18). The van der Waals surface area contributed by atoms with Gasteiger partial charge in [0.2, 0.25) is 0 Å². The second-order valence-corrected chi connectivity index (χ2v) is 4.87. The molecule has 0 amide bonds. The molecule has 5 heteroatoms. The van der Waals surface area contributed by atoms with Gasteiger partial charge in [-0.15, -0.1) is 0 Å². The minimum Gasteiger partial charge on any atom is -0.469 e. The summed E-state index contributed by atoms with van der Waals surface area (Å²) in [6.45, 7) is 0.334. The van der Waals surface area contributed by atoms with Crippen molar-refractivity contribution >= 4 is 17.6 Å². The van der Waals surface area contributed by atoms with Gasteiger partial charge in [0.05, 0.1) is 20.1 Å². The molecule has 5 nitrogen and oxygen atoms in total. The molecule has 0 unspecified atom stereocenters. The number of guanidine groups is 1. The van der Waals surface area contributed by atoms with Crippen LogP contribution in [0.4, 0.5) is 5.69 Å². The Bertz CT molecular complexity index is 512. The van der Waals surface area contributed by atoms with Crippen LogP contribution in [0.15, 0.2) is 23.2 Å². The summed E-state index contributed by atoms with van der Waals surface area (Å²) in [7, 11) is 1.36. The van der Waals surface area contributed by atoms with Crippen LogP contribution in [0, 0.1) is 0 Å². The summed E-state index contributed by atoms with van der Waals surface area (Å²) in [6, 6.07) is 6.23. The van der Waals surface area contributed by atoms with Crippen LogP contribution in [0.2, 0.25) is 0 Å². The molecule has 0 aliphatic heterocycles. The number of hydrogen-bond donors (Lipinski definition) is 2. The number of anilines is 1. The Balaban J connectivity index is 1.99. The molecule has 1 aliphatic carbocycles. The SMILES string of the molecule is COC(=O)CCN=C(N)Nc1cccc2c1CCCC2. The van der Waals surface area contributed by atoms with Crippen molar-refractivity contribution in [2.45, 2.75) is 32.1 Å². The zero-order valence-corrected chi connectivity index (χ0v) is 11.8. The number of carbonyl (C=O) groups is 1. The van der Waals surface area contributed by atoms with Crippen molar-refractivity contribution in [2.75, 3.05) is 19.0 Å². The average molecular weight is 275 g/mol. The number of ether oxygens (including phenoxy) is 1. The number of aryl methyl sites for hydroxylation is 1. The largest absolute Gasteiger partial charge is 0.469 e. The van der Waals surface area contributed by atoms with E-state index in [0.717, 1.165) is 18.5 Å². The summed E-state index contributed by atoms with van der Waals surface area (Å²) in [5.74, 6) is 0.0616. The topological polar surface area (TPSA) is 76.7 Å². The lowest BCUT2D eigenvalue weighted by Gasteiger charge is -2.19. The summed E-state index contributed by atoms with van der Waals surface area (Å²) < 4.78 is 4.56. The van der Waals surface area contributed by atoms with Crippen LogP contribution >= 0.6 is 0 Å². The smallest absolute Gasteiger partial charge is 0.307 e. The Hall–Kier alpha value is -2.04. The maximum Gasteiger partial charge on any atom is 0.307 e. The molecule has 1 aromatic rings. The lowest BCUT2D eigenvalue weighted by molar-refractivity contribution is -0.140. The number of nitrogens with one attached hydrogen (secondary N) is 1. The van der Waals surface area contributed by atoms with E-state index in [4.69, 9.17) is 5.73 Å². The molecule has 0 heterocycles. The van der Waals surface area contributed by atoms with Crippen molar-refractivity contribution in [2.24, 2.45) is 10.7 Å². The number of fused-ring (bicyclic) bond motifs is 1. The lowest BCUT2D eigenvalue weighted by atomic mass is 9.90. The summed E-state index contributed by atoms with van der Waals surface area (Å²) in [4.78, 5) is 15.1. The number of methoxy groups -OCH3 is 1. The van der Waals surface area contributed by atoms with E-state index in [1.165, 1.54) is 31.1 Å². The summed E-state index contributed by atoms with van der Waals surface area (Å²) in [6.07, 6.45) is 4.91. The minimum atomic E-state index is -0.279. The molecule has 0 spiro atoms. The number of esters is 1. The first-order valence-electron chi connectivity index (χ1n) is 6.95. The van der Waals surface area contributed by atoms with Crippen LogP contribution in [0.25, 0.3) is 0 Å². The Morgan fingerprint density at radius 1 is 1.40 bits per heavy atom. The molecule has 0 aromatic heterocycles. The van der Waals surface area contributed by atoms with Crippen LogP contribution in [0.3, 0.4) is 0 Å². The molecule has 20 heavy (non-hydrogen) atoms.